The normalized spacial score (nSPS) is 14.8. The molecule has 7 heteroatoms. The highest BCUT2D eigenvalue weighted by molar-refractivity contribution is 5.71. The lowest BCUT2D eigenvalue weighted by molar-refractivity contribution is -0.385. The van der Waals surface area contributed by atoms with Gasteiger partial charge in [-0.2, -0.15) is 0 Å². The molecule has 1 aliphatic rings. The summed E-state index contributed by atoms with van der Waals surface area (Å²) in [6, 6.07) is 9.60. The lowest BCUT2D eigenvalue weighted by Crippen LogP contribution is -2.34. The summed E-state index contributed by atoms with van der Waals surface area (Å²) in [5.41, 5.74) is 3.75. The largest absolute Gasteiger partial charge is 0.444 e. The number of aromatic nitrogens is 1. The minimum atomic E-state index is -0.529. The fourth-order valence-electron chi connectivity index (χ4n) is 3.36. The summed E-state index contributed by atoms with van der Waals surface area (Å²) in [6.07, 6.45) is 1.71. The number of pyridine rings is 1. The Kier molecular flexibility index (Phi) is 6.10. The number of ether oxygens (including phenoxy) is 1. The zero-order chi connectivity index (χ0) is 22.1. The van der Waals surface area contributed by atoms with E-state index in [0.29, 0.717) is 18.2 Å². The molecule has 0 bridgehead atoms. The van der Waals surface area contributed by atoms with Crippen molar-refractivity contribution in [3.63, 3.8) is 0 Å². The predicted molar refractivity (Wildman–Crippen MR) is 116 cm³/mol. The highest BCUT2D eigenvalue weighted by atomic mass is 16.6. The van der Waals surface area contributed by atoms with Crippen LogP contribution in [0.5, 0.6) is 0 Å². The number of aryl methyl sites for hydroxylation is 1. The molecule has 160 valence electrons. The van der Waals surface area contributed by atoms with E-state index in [2.05, 4.69) is 10.3 Å². The Bertz CT molecular complexity index is 944. The van der Waals surface area contributed by atoms with Crippen molar-refractivity contribution >= 4 is 11.8 Å². The van der Waals surface area contributed by atoms with Crippen molar-refractivity contribution in [2.24, 2.45) is 0 Å². The summed E-state index contributed by atoms with van der Waals surface area (Å²) in [5.74, 6) is 0.482. The molecule has 30 heavy (non-hydrogen) atoms. The Balaban J connectivity index is 1.76. The maximum Gasteiger partial charge on any atom is 0.407 e. The first-order valence-electron chi connectivity index (χ1n) is 10.3. The molecule has 1 fully saturated rings. The molecule has 0 aliphatic heterocycles. The number of benzene rings is 1. The number of nitrogens with zero attached hydrogens (tertiary/aromatic N) is 2. The molecular weight excluding hydrogens is 382 g/mol. The maximum absolute atomic E-state index is 11.9. The third-order valence-corrected chi connectivity index (χ3v) is 5.12. The van der Waals surface area contributed by atoms with E-state index in [1.165, 1.54) is 0 Å². The minimum Gasteiger partial charge on any atom is -0.444 e. The van der Waals surface area contributed by atoms with Crippen LogP contribution in [-0.2, 0) is 4.74 Å². The number of carbonyl (C=O) groups excluding carboxylic acids is 1. The molecule has 0 saturated heterocycles. The Morgan fingerprint density at radius 3 is 2.47 bits per heavy atom. The van der Waals surface area contributed by atoms with Crippen molar-refractivity contribution < 1.29 is 14.5 Å². The first-order chi connectivity index (χ1) is 14.0. The van der Waals surface area contributed by atoms with Crippen molar-refractivity contribution in [2.45, 2.75) is 64.9 Å². The molecule has 1 amide bonds. The number of hydrogen-bond acceptors (Lipinski definition) is 5. The van der Waals surface area contributed by atoms with Crippen molar-refractivity contribution in [1.82, 2.24) is 10.3 Å². The average Bonchev–Trinajstić information content (AvgIpc) is 3.49. The molecule has 1 aliphatic carbocycles. The quantitative estimate of drug-likeness (QED) is 0.502. The molecule has 1 N–H and O–H groups in total. The van der Waals surface area contributed by atoms with Gasteiger partial charge in [-0.25, -0.2) is 4.79 Å². The smallest absolute Gasteiger partial charge is 0.407 e. The number of rotatable bonds is 6. The number of alkyl carbamates (subject to hydrolysis) is 1. The summed E-state index contributed by atoms with van der Waals surface area (Å²) in [4.78, 5) is 27.4. The van der Waals surface area contributed by atoms with Crippen molar-refractivity contribution in [3.05, 3.63) is 57.4 Å². The van der Waals surface area contributed by atoms with E-state index in [1.54, 1.807) is 13.0 Å². The highest BCUT2D eigenvalue weighted by Gasteiger charge is 2.30. The fraction of sp³-hybridized carbons (Fsp3) is 0.478. The monoisotopic (exact) mass is 411 g/mol. The molecule has 1 heterocycles. The lowest BCUT2D eigenvalue weighted by Gasteiger charge is -2.21. The van der Waals surface area contributed by atoms with Crippen molar-refractivity contribution in [2.75, 3.05) is 6.54 Å². The average molecular weight is 412 g/mol. The van der Waals surface area contributed by atoms with Gasteiger partial charge in [0.2, 0.25) is 0 Å². The fourth-order valence-corrected chi connectivity index (χ4v) is 3.36. The topological polar surface area (TPSA) is 94.4 Å². The van der Waals surface area contributed by atoms with Gasteiger partial charge in [-0.1, -0.05) is 31.2 Å². The van der Waals surface area contributed by atoms with E-state index < -0.39 is 11.7 Å². The molecule has 1 atom stereocenters. The van der Waals surface area contributed by atoms with E-state index in [1.807, 2.05) is 52.0 Å². The van der Waals surface area contributed by atoms with Crippen LogP contribution in [0.15, 0.2) is 30.3 Å². The standard InChI is InChI=1S/C23H29N3O4/c1-14(13-24-22(27)30-23(3,4)5)16-6-8-17(9-7-16)19-12-20(26(28)29)15(2)25-21(19)18-10-11-18/h6-9,12,14,18H,10-11,13H2,1-5H3,(H,24,27). The molecule has 7 nitrogen and oxygen atoms in total. The number of nitro groups is 1. The molecule has 1 saturated carbocycles. The summed E-state index contributed by atoms with van der Waals surface area (Å²) in [6.45, 7) is 9.66. The number of hydrogen-bond donors (Lipinski definition) is 1. The first-order valence-corrected chi connectivity index (χ1v) is 10.3. The number of amides is 1. The van der Waals surface area contributed by atoms with Crippen LogP contribution in [0.2, 0.25) is 0 Å². The molecule has 3 rings (SSSR count). The van der Waals surface area contributed by atoms with E-state index >= 15 is 0 Å². The summed E-state index contributed by atoms with van der Waals surface area (Å²) in [5, 5.41) is 14.2. The van der Waals surface area contributed by atoms with E-state index in [0.717, 1.165) is 35.2 Å². The van der Waals surface area contributed by atoms with E-state index in [4.69, 9.17) is 4.74 Å². The van der Waals surface area contributed by atoms with Gasteiger partial charge < -0.3 is 10.1 Å². The van der Waals surface area contributed by atoms with E-state index in [-0.39, 0.29) is 16.5 Å². The molecule has 0 radical (unpaired) electrons. The number of carbonyl (C=O) groups is 1. The van der Waals surface area contributed by atoms with Crippen molar-refractivity contribution in [3.8, 4) is 11.1 Å². The van der Waals surface area contributed by atoms with Gasteiger partial charge >= 0.3 is 6.09 Å². The van der Waals surface area contributed by atoms with Crippen LogP contribution in [0, 0.1) is 17.0 Å². The second-order valence-corrected chi connectivity index (χ2v) is 8.96. The van der Waals surface area contributed by atoms with Crippen LogP contribution in [0.25, 0.3) is 11.1 Å². The molecule has 1 unspecified atom stereocenters. The van der Waals surface area contributed by atoms with Gasteiger partial charge in [0.15, 0.2) is 0 Å². The van der Waals surface area contributed by atoms with Crippen LogP contribution in [0.1, 0.15) is 69.3 Å². The van der Waals surface area contributed by atoms with Gasteiger partial charge in [0.1, 0.15) is 11.3 Å². The van der Waals surface area contributed by atoms with Gasteiger partial charge in [0.05, 0.1) is 10.6 Å². The summed E-state index contributed by atoms with van der Waals surface area (Å²) in [7, 11) is 0. The molecule has 1 aromatic heterocycles. The van der Waals surface area contributed by atoms with Gasteiger partial charge in [-0.15, -0.1) is 0 Å². The summed E-state index contributed by atoms with van der Waals surface area (Å²) >= 11 is 0. The number of nitrogens with one attached hydrogen (secondary N) is 1. The van der Waals surface area contributed by atoms with Crippen LogP contribution >= 0.6 is 0 Å². The van der Waals surface area contributed by atoms with E-state index in [9.17, 15) is 14.9 Å². The Morgan fingerprint density at radius 2 is 1.93 bits per heavy atom. The van der Waals surface area contributed by atoms with Crippen LogP contribution in [0.3, 0.4) is 0 Å². The van der Waals surface area contributed by atoms with Crippen LogP contribution in [0.4, 0.5) is 10.5 Å². The molecule has 1 aromatic carbocycles. The zero-order valence-electron chi connectivity index (χ0n) is 18.2. The van der Waals surface area contributed by atoms with Gasteiger partial charge in [-0.3, -0.25) is 15.1 Å². The molecular formula is C23H29N3O4. The Labute approximate surface area is 177 Å². The van der Waals surface area contributed by atoms with Crippen molar-refractivity contribution in [1.29, 1.82) is 0 Å². The first kappa shape index (κ1) is 21.7. The second kappa shape index (κ2) is 8.42. The maximum atomic E-state index is 11.9. The molecule has 2 aromatic rings. The minimum absolute atomic E-state index is 0.0494. The predicted octanol–water partition coefficient (Wildman–Crippen LogP) is 5.47. The van der Waals surface area contributed by atoms with Gasteiger partial charge in [0.25, 0.3) is 5.69 Å². The SMILES string of the molecule is Cc1nc(C2CC2)c(-c2ccc(C(C)CNC(=O)OC(C)(C)C)cc2)cc1[N+](=O)[O-]. The third kappa shape index (κ3) is 5.34. The second-order valence-electron chi connectivity index (χ2n) is 8.96. The van der Waals surface area contributed by atoms with Gasteiger partial charge in [0, 0.05) is 24.1 Å². The highest BCUT2D eigenvalue weighted by Crippen LogP contribution is 2.44. The Hall–Kier alpha value is -2.96. The molecule has 0 spiro atoms. The van der Waals surface area contributed by atoms with Crippen LogP contribution in [-0.4, -0.2) is 28.1 Å². The lowest BCUT2D eigenvalue weighted by atomic mass is 9.95. The van der Waals surface area contributed by atoms with Crippen LogP contribution < -0.4 is 5.32 Å². The Morgan fingerprint density at radius 1 is 1.30 bits per heavy atom. The third-order valence-electron chi connectivity index (χ3n) is 5.12. The summed E-state index contributed by atoms with van der Waals surface area (Å²) < 4.78 is 5.27. The zero-order valence-corrected chi connectivity index (χ0v) is 18.2. The van der Waals surface area contributed by atoms with Gasteiger partial charge in [-0.05, 0) is 57.6 Å².